The predicted molar refractivity (Wildman–Crippen MR) is 157 cm³/mol. The smallest absolute Gasteiger partial charge is 0.0943 e. The highest BCUT2D eigenvalue weighted by Crippen LogP contribution is 2.39. The molecule has 0 saturated carbocycles. The summed E-state index contributed by atoms with van der Waals surface area (Å²) in [5.41, 5.74) is 10.0. The summed E-state index contributed by atoms with van der Waals surface area (Å²) >= 11 is 0. The number of benzene rings is 2. The first-order valence-electron chi connectivity index (χ1n) is 14.0. The summed E-state index contributed by atoms with van der Waals surface area (Å²) in [4.78, 5) is 0. The molecular formula is C33H47N3. The van der Waals surface area contributed by atoms with Gasteiger partial charge >= 0.3 is 0 Å². The Morgan fingerprint density at radius 2 is 1.25 bits per heavy atom. The Hall–Kier alpha value is -2.68. The molecule has 0 fully saturated rings. The van der Waals surface area contributed by atoms with Crippen molar-refractivity contribution >= 4 is 11.4 Å². The first kappa shape index (κ1) is 27.9. The zero-order valence-corrected chi connectivity index (χ0v) is 24.1. The third-order valence-electron chi connectivity index (χ3n) is 7.27. The van der Waals surface area contributed by atoms with Gasteiger partial charge in [-0.05, 0) is 89.7 Å². The van der Waals surface area contributed by atoms with Gasteiger partial charge in [0.25, 0.3) is 0 Å². The fourth-order valence-electron chi connectivity index (χ4n) is 5.09. The molecule has 0 aliphatic heterocycles. The van der Waals surface area contributed by atoms with Gasteiger partial charge in [-0.1, -0.05) is 103 Å². The second kappa shape index (κ2) is 12.5. The third kappa shape index (κ3) is 6.55. The summed E-state index contributed by atoms with van der Waals surface area (Å²) in [7, 11) is 0. The van der Waals surface area contributed by atoms with E-state index in [1.54, 1.807) is 0 Å². The first-order valence-corrected chi connectivity index (χ1v) is 14.0. The van der Waals surface area contributed by atoms with E-state index in [1.807, 2.05) is 0 Å². The topological polar surface area (TPSA) is 28.0 Å². The van der Waals surface area contributed by atoms with Crippen LogP contribution < -0.4 is 5.01 Å². The lowest BCUT2D eigenvalue weighted by molar-refractivity contribution is 0.704. The molecule has 1 aliphatic rings. The fraction of sp³-hybridized carbons (Fsp3) is 0.515. The van der Waals surface area contributed by atoms with Gasteiger partial charge in [0.1, 0.15) is 0 Å². The number of allylic oxidation sites excluding steroid dienone is 3. The van der Waals surface area contributed by atoms with E-state index >= 15 is 0 Å². The molecule has 0 saturated heterocycles. The van der Waals surface area contributed by atoms with Crippen molar-refractivity contribution in [3.63, 3.8) is 0 Å². The maximum absolute atomic E-state index is 5.03. The van der Waals surface area contributed by atoms with Gasteiger partial charge in [-0.25, -0.2) is 5.01 Å². The molecule has 36 heavy (non-hydrogen) atoms. The van der Waals surface area contributed by atoms with Crippen LogP contribution in [0.15, 0.2) is 70.2 Å². The number of rotatable bonds is 9. The van der Waals surface area contributed by atoms with Gasteiger partial charge in [0.2, 0.25) is 0 Å². The van der Waals surface area contributed by atoms with E-state index in [4.69, 9.17) is 10.3 Å². The molecule has 0 atom stereocenters. The molecule has 194 valence electrons. The van der Waals surface area contributed by atoms with Crippen molar-refractivity contribution in [3.8, 4) is 0 Å². The molecule has 0 N–H and O–H groups in total. The maximum atomic E-state index is 5.03. The van der Waals surface area contributed by atoms with E-state index in [2.05, 4.69) is 116 Å². The molecule has 3 rings (SSSR count). The Balaban J connectivity index is 2.24. The number of hydrogen-bond acceptors (Lipinski definition) is 2. The lowest BCUT2D eigenvalue weighted by Crippen LogP contribution is -2.15. The molecule has 1 aliphatic carbocycles. The van der Waals surface area contributed by atoms with Crippen molar-refractivity contribution in [3.05, 3.63) is 82.1 Å². The molecule has 0 radical (unpaired) electrons. The number of hydrogen-bond donors (Lipinski definition) is 0. The van der Waals surface area contributed by atoms with Crippen molar-refractivity contribution in [2.75, 3.05) is 5.01 Å². The van der Waals surface area contributed by atoms with Crippen LogP contribution in [0.25, 0.3) is 0 Å². The second-order valence-electron chi connectivity index (χ2n) is 11.5. The van der Waals surface area contributed by atoms with Gasteiger partial charge in [-0.15, -0.1) is 5.11 Å². The van der Waals surface area contributed by atoms with Gasteiger partial charge in [-0.2, -0.15) is 0 Å². The number of anilines is 1. The molecule has 2 aromatic rings. The first-order chi connectivity index (χ1) is 17.1. The predicted octanol–water partition coefficient (Wildman–Crippen LogP) is 11.1. The Bertz CT molecular complexity index is 1060. The normalized spacial score (nSPS) is 15.0. The summed E-state index contributed by atoms with van der Waals surface area (Å²) in [6.07, 6.45) is 9.50. The second-order valence-corrected chi connectivity index (χ2v) is 11.5. The zero-order valence-electron chi connectivity index (χ0n) is 24.1. The molecule has 3 heteroatoms. The molecule has 0 heterocycles. The summed E-state index contributed by atoms with van der Waals surface area (Å²) in [5.74, 6) is 1.52. The van der Waals surface area contributed by atoms with E-state index in [9.17, 15) is 0 Å². The van der Waals surface area contributed by atoms with Crippen molar-refractivity contribution in [2.45, 2.75) is 112 Å². The summed E-state index contributed by atoms with van der Waals surface area (Å²) < 4.78 is 0. The third-order valence-corrected chi connectivity index (χ3v) is 7.27. The highest BCUT2D eigenvalue weighted by atomic mass is 15.5. The molecular weight excluding hydrogens is 438 g/mol. The lowest BCUT2D eigenvalue weighted by atomic mass is 9.92. The fourth-order valence-corrected chi connectivity index (χ4v) is 5.09. The largest absolute Gasteiger partial charge is 0.222 e. The highest BCUT2D eigenvalue weighted by Gasteiger charge is 2.20. The molecule has 3 nitrogen and oxygen atoms in total. The van der Waals surface area contributed by atoms with Crippen LogP contribution in [0.4, 0.5) is 11.4 Å². The molecule has 0 amide bonds. The minimum atomic E-state index is 0.380. The number of para-hydroxylation sites is 1. The van der Waals surface area contributed by atoms with E-state index in [-0.39, 0.29) is 0 Å². The van der Waals surface area contributed by atoms with Crippen LogP contribution in [0.3, 0.4) is 0 Å². The van der Waals surface area contributed by atoms with Crippen LogP contribution in [0, 0.1) is 0 Å². The maximum Gasteiger partial charge on any atom is 0.0943 e. The van der Waals surface area contributed by atoms with Crippen molar-refractivity contribution < 1.29 is 0 Å². The van der Waals surface area contributed by atoms with Gasteiger partial charge in [0.05, 0.1) is 11.4 Å². The molecule has 2 aromatic carbocycles. The van der Waals surface area contributed by atoms with Crippen LogP contribution in [0.5, 0.6) is 0 Å². The minimum absolute atomic E-state index is 0.380. The van der Waals surface area contributed by atoms with Gasteiger partial charge in [0.15, 0.2) is 0 Å². The minimum Gasteiger partial charge on any atom is -0.222 e. The standard InChI is InChI=1S/C33H47N3/c1-22(2)28-17-13-18-29(23(3)4)32(28)34-35-36(21-26(9)27-15-11-10-12-16-27)33-30(24(5)6)19-14-20-31(33)25(7)8/h13-15,17-25H,10-12,16H2,1-9H3/b26-21+,35-34?. The van der Waals surface area contributed by atoms with Crippen molar-refractivity contribution in [1.29, 1.82) is 0 Å². The molecule has 0 unspecified atom stereocenters. The summed E-state index contributed by atoms with van der Waals surface area (Å²) in [5, 5.41) is 12.1. The van der Waals surface area contributed by atoms with Crippen LogP contribution in [0.2, 0.25) is 0 Å². The zero-order chi connectivity index (χ0) is 26.4. The SMILES string of the molecule is C/C(=C\N(N=Nc1c(C(C)C)cccc1C(C)C)c1c(C(C)C)cccc1C(C)C)C1=CCCCC1. The van der Waals surface area contributed by atoms with E-state index in [0.717, 1.165) is 12.1 Å². The quantitative estimate of drug-likeness (QED) is 0.256. The highest BCUT2D eigenvalue weighted by molar-refractivity contribution is 5.64. The average molecular weight is 486 g/mol. The molecule has 0 spiro atoms. The Kier molecular flexibility index (Phi) is 9.70. The molecule has 0 aromatic heterocycles. The van der Waals surface area contributed by atoms with E-state index in [1.165, 1.54) is 58.3 Å². The van der Waals surface area contributed by atoms with Gasteiger partial charge in [-0.3, -0.25) is 0 Å². The van der Waals surface area contributed by atoms with Crippen LogP contribution in [-0.4, -0.2) is 0 Å². The van der Waals surface area contributed by atoms with Crippen LogP contribution in [-0.2, 0) is 0 Å². The van der Waals surface area contributed by atoms with Gasteiger partial charge < -0.3 is 0 Å². The summed E-state index contributed by atoms with van der Waals surface area (Å²) in [6, 6.07) is 13.2. The Labute approximate surface area is 220 Å². The van der Waals surface area contributed by atoms with E-state index < -0.39 is 0 Å². The summed E-state index contributed by atoms with van der Waals surface area (Å²) in [6.45, 7) is 20.2. The van der Waals surface area contributed by atoms with Crippen LogP contribution >= 0.6 is 0 Å². The van der Waals surface area contributed by atoms with E-state index in [0.29, 0.717) is 23.7 Å². The Morgan fingerprint density at radius 1 is 0.750 bits per heavy atom. The average Bonchev–Trinajstić information content (AvgIpc) is 2.85. The lowest BCUT2D eigenvalue weighted by Gasteiger charge is -2.26. The number of nitrogens with zero attached hydrogens (tertiary/aromatic N) is 3. The van der Waals surface area contributed by atoms with Crippen LogP contribution in [0.1, 0.15) is 134 Å². The van der Waals surface area contributed by atoms with Crippen molar-refractivity contribution in [1.82, 2.24) is 0 Å². The Morgan fingerprint density at radius 3 is 1.69 bits per heavy atom. The van der Waals surface area contributed by atoms with Crippen molar-refractivity contribution in [2.24, 2.45) is 10.3 Å². The molecule has 0 bridgehead atoms. The monoisotopic (exact) mass is 485 g/mol. The van der Waals surface area contributed by atoms with Gasteiger partial charge in [0, 0.05) is 6.20 Å².